The highest BCUT2D eigenvalue weighted by Crippen LogP contribution is 2.20. The summed E-state index contributed by atoms with van der Waals surface area (Å²) in [5.41, 5.74) is 8.66. The van der Waals surface area contributed by atoms with E-state index in [1.54, 1.807) is 12.3 Å². The Hall–Kier alpha value is -2.65. The highest BCUT2D eigenvalue weighted by Gasteiger charge is 2.07. The largest absolute Gasteiger partial charge is 0.339 e. The molecule has 0 aliphatic carbocycles. The van der Waals surface area contributed by atoms with Crippen molar-refractivity contribution in [3.63, 3.8) is 0 Å². The minimum atomic E-state index is 0.435. The van der Waals surface area contributed by atoms with Gasteiger partial charge in [-0.1, -0.05) is 25.1 Å². The summed E-state index contributed by atoms with van der Waals surface area (Å²) in [6.07, 6.45) is 2.60. The van der Waals surface area contributed by atoms with Crippen LogP contribution in [0.5, 0.6) is 0 Å². The van der Waals surface area contributed by atoms with E-state index < -0.39 is 0 Å². The Morgan fingerprint density at radius 3 is 2.79 bits per heavy atom. The first-order valence-electron chi connectivity index (χ1n) is 7.72. The topological polar surface area (TPSA) is 65.1 Å². The van der Waals surface area contributed by atoms with E-state index >= 15 is 0 Å². The monoisotopic (exact) mass is 339 g/mol. The molecular weight excluding hydrogens is 318 g/mol. The van der Waals surface area contributed by atoms with E-state index in [1.165, 1.54) is 5.56 Å². The van der Waals surface area contributed by atoms with Crippen LogP contribution in [0.25, 0.3) is 0 Å². The van der Waals surface area contributed by atoms with E-state index in [-0.39, 0.29) is 0 Å². The maximum Gasteiger partial charge on any atom is 0.191 e. The minimum absolute atomic E-state index is 0.435. The van der Waals surface area contributed by atoms with Gasteiger partial charge in [0.2, 0.25) is 0 Å². The maximum absolute atomic E-state index is 9.05. The highest BCUT2D eigenvalue weighted by molar-refractivity contribution is 7.80. The molecule has 0 unspecified atom stereocenters. The molecule has 124 valence electrons. The average Bonchev–Trinajstić information content (AvgIpc) is 2.84. The third kappa shape index (κ3) is 3.81. The van der Waals surface area contributed by atoms with Crippen LogP contribution in [0, 0.1) is 25.2 Å². The van der Waals surface area contributed by atoms with Crippen LogP contribution in [0.3, 0.4) is 0 Å². The normalized spacial score (nSPS) is 10.6. The Morgan fingerprint density at radius 2 is 2.17 bits per heavy atom. The second-order valence-corrected chi connectivity index (χ2v) is 5.94. The molecule has 0 aliphatic heterocycles. The van der Waals surface area contributed by atoms with E-state index in [0.29, 0.717) is 10.8 Å². The molecule has 0 saturated heterocycles. The van der Waals surface area contributed by atoms with Crippen LogP contribution < -0.4 is 10.7 Å². The number of benzene rings is 1. The van der Waals surface area contributed by atoms with Crippen molar-refractivity contribution in [2.45, 2.75) is 27.2 Å². The molecule has 5 nitrogen and oxygen atoms in total. The number of hydrazone groups is 1. The van der Waals surface area contributed by atoms with Crippen LogP contribution in [0.15, 0.2) is 29.4 Å². The van der Waals surface area contributed by atoms with Crippen LogP contribution >= 0.6 is 12.2 Å². The molecule has 6 heteroatoms. The quantitative estimate of drug-likeness (QED) is 0.509. The van der Waals surface area contributed by atoms with Gasteiger partial charge in [-0.2, -0.15) is 10.4 Å². The number of aryl methyl sites for hydroxylation is 2. The lowest BCUT2D eigenvalue weighted by Gasteiger charge is -2.14. The molecule has 0 radical (unpaired) electrons. The van der Waals surface area contributed by atoms with Gasteiger partial charge in [0, 0.05) is 24.0 Å². The molecule has 0 spiro atoms. The summed E-state index contributed by atoms with van der Waals surface area (Å²) in [7, 11) is 1.86. The number of hydrogen-bond acceptors (Lipinski definition) is 3. The predicted octanol–water partition coefficient (Wildman–Crippen LogP) is 3.40. The van der Waals surface area contributed by atoms with Gasteiger partial charge in [0.15, 0.2) is 5.11 Å². The summed E-state index contributed by atoms with van der Waals surface area (Å²) in [5, 5.41) is 16.9. The van der Waals surface area contributed by atoms with Crippen molar-refractivity contribution in [1.29, 1.82) is 5.26 Å². The summed E-state index contributed by atoms with van der Waals surface area (Å²) in [6.45, 7) is 6.10. The molecule has 1 aromatic heterocycles. The number of thiocarbonyl (C=S) groups is 1. The summed E-state index contributed by atoms with van der Waals surface area (Å²) in [6, 6.07) is 10.1. The van der Waals surface area contributed by atoms with E-state index in [1.807, 2.05) is 37.6 Å². The molecule has 2 rings (SSSR count). The van der Waals surface area contributed by atoms with Gasteiger partial charge < -0.3 is 9.88 Å². The van der Waals surface area contributed by atoms with Gasteiger partial charge in [-0.05, 0) is 49.7 Å². The lowest BCUT2D eigenvalue weighted by Crippen LogP contribution is -2.25. The van der Waals surface area contributed by atoms with E-state index in [0.717, 1.165) is 28.9 Å². The van der Waals surface area contributed by atoms with E-state index in [2.05, 4.69) is 34.9 Å². The fourth-order valence-corrected chi connectivity index (χ4v) is 2.62. The van der Waals surface area contributed by atoms with E-state index in [4.69, 9.17) is 17.5 Å². The van der Waals surface area contributed by atoms with Crippen LogP contribution in [0.1, 0.15) is 35.0 Å². The zero-order valence-electron chi connectivity index (χ0n) is 14.3. The van der Waals surface area contributed by atoms with Gasteiger partial charge in [-0.3, -0.25) is 5.43 Å². The summed E-state index contributed by atoms with van der Waals surface area (Å²) >= 11 is 5.31. The molecule has 24 heavy (non-hydrogen) atoms. The Labute approximate surface area is 148 Å². The van der Waals surface area contributed by atoms with Gasteiger partial charge in [0.1, 0.15) is 11.8 Å². The lowest BCUT2D eigenvalue weighted by molar-refractivity contribution is 0.865. The number of para-hydroxylation sites is 1. The maximum atomic E-state index is 9.05. The zero-order valence-corrected chi connectivity index (χ0v) is 15.2. The standard InChI is InChI=1S/C18H21N5S/c1-5-14-8-6-7-12(2)17(14)21-18(24)22-20-11-15-9-16(10-19)23(4)13(15)3/h6-9,11H,5H2,1-4H3,(H2,21,22,24)/b20-11-. The summed E-state index contributed by atoms with van der Waals surface area (Å²) in [5.74, 6) is 0. The smallest absolute Gasteiger partial charge is 0.191 e. The fraction of sp³-hybridized carbons (Fsp3) is 0.278. The molecule has 1 heterocycles. The molecule has 2 aromatic rings. The lowest BCUT2D eigenvalue weighted by atomic mass is 10.1. The number of nitrogens with zero attached hydrogens (tertiary/aromatic N) is 3. The molecule has 2 N–H and O–H groups in total. The SMILES string of the molecule is CCc1cccc(C)c1NC(=S)N/N=C\c1cc(C#N)n(C)c1C. The summed E-state index contributed by atoms with van der Waals surface area (Å²) in [4.78, 5) is 0. The molecular formula is C18H21N5S. The van der Waals surface area contributed by atoms with Crippen LogP contribution in [-0.2, 0) is 13.5 Å². The van der Waals surface area contributed by atoms with Crippen molar-refractivity contribution in [3.8, 4) is 6.07 Å². The van der Waals surface area contributed by atoms with Gasteiger partial charge in [0.25, 0.3) is 0 Å². The second-order valence-electron chi connectivity index (χ2n) is 5.53. The number of nitriles is 1. The van der Waals surface area contributed by atoms with Crippen molar-refractivity contribution >= 4 is 29.2 Å². The third-order valence-corrected chi connectivity index (χ3v) is 4.23. The average molecular weight is 339 g/mol. The van der Waals surface area contributed by atoms with Crippen LogP contribution in [0.4, 0.5) is 5.69 Å². The summed E-state index contributed by atoms with van der Waals surface area (Å²) < 4.78 is 1.83. The fourth-order valence-electron chi connectivity index (χ4n) is 2.46. The van der Waals surface area contributed by atoms with Gasteiger partial charge >= 0.3 is 0 Å². The first-order chi connectivity index (χ1) is 11.5. The first-order valence-corrected chi connectivity index (χ1v) is 8.13. The minimum Gasteiger partial charge on any atom is -0.339 e. The number of anilines is 1. The second kappa shape index (κ2) is 7.75. The number of hydrogen-bond donors (Lipinski definition) is 2. The molecule has 0 atom stereocenters. The number of aromatic nitrogens is 1. The molecule has 0 fully saturated rings. The highest BCUT2D eigenvalue weighted by atomic mass is 32.1. The number of nitrogens with one attached hydrogen (secondary N) is 2. The number of rotatable bonds is 4. The van der Waals surface area contributed by atoms with Crippen molar-refractivity contribution < 1.29 is 0 Å². The van der Waals surface area contributed by atoms with Crippen molar-refractivity contribution in [2.75, 3.05) is 5.32 Å². The zero-order chi connectivity index (χ0) is 17.7. The van der Waals surface area contributed by atoms with Gasteiger partial charge in [-0.25, -0.2) is 0 Å². The van der Waals surface area contributed by atoms with Gasteiger partial charge in [0.05, 0.1) is 6.21 Å². The van der Waals surface area contributed by atoms with Gasteiger partial charge in [-0.15, -0.1) is 0 Å². The van der Waals surface area contributed by atoms with Crippen molar-refractivity contribution in [1.82, 2.24) is 9.99 Å². The Balaban J connectivity index is 2.06. The Kier molecular flexibility index (Phi) is 5.72. The van der Waals surface area contributed by atoms with Crippen molar-refractivity contribution in [2.24, 2.45) is 12.1 Å². The first kappa shape index (κ1) is 17.7. The molecule has 0 amide bonds. The Bertz CT molecular complexity index is 827. The predicted molar refractivity (Wildman–Crippen MR) is 102 cm³/mol. The van der Waals surface area contributed by atoms with Crippen LogP contribution in [-0.4, -0.2) is 15.9 Å². The van der Waals surface area contributed by atoms with Crippen LogP contribution in [0.2, 0.25) is 0 Å². The molecule has 0 bridgehead atoms. The molecule has 0 aliphatic rings. The van der Waals surface area contributed by atoms with Crippen molar-refractivity contribution in [3.05, 3.63) is 52.3 Å². The Morgan fingerprint density at radius 1 is 1.42 bits per heavy atom. The molecule has 1 aromatic carbocycles. The molecule has 0 saturated carbocycles. The van der Waals surface area contributed by atoms with E-state index in [9.17, 15) is 0 Å². The third-order valence-electron chi connectivity index (χ3n) is 4.04.